The van der Waals surface area contributed by atoms with Crippen molar-refractivity contribution in [2.24, 2.45) is 0 Å². The number of phenols is 1. The Labute approximate surface area is 139 Å². The van der Waals surface area contributed by atoms with Crippen molar-refractivity contribution in [3.63, 3.8) is 0 Å². The van der Waals surface area contributed by atoms with Gasteiger partial charge in [0.1, 0.15) is 5.75 Å². The number of fused-ring (bicyclic) bond motifs is 1. The van der Waals surface area contributed by atoms with Crippen LogP contribution in [-0.4, -0.2) is 25.7 Å². The molecule has 4 rings (SSSR count). The van der Waals surface area contributed by atoms with Crippen LogP contribution in [0.1, 0.15) is 27.2 Å². The van der Waals surface area contributed by atoms with E-state index in [4.69, 9.17) is 0 Å². The van der Waals surface area contributed by atoms with Crippen LogP contribution in [0.15, 0.2) is 54.7 Å². The molecule has 0 atom stereocenters. The highest BCUT2D eigenvalue weighted by Gasteiger charge is 2.29. The van der Waals surface area contributed by atoms with Gasteiger partial charge in [-0.1, -0.05) is 24.3 Å². The summed E-state index contributed by atoms with van der Waals surface area (Å²) in [6.07, 6.45) is 1.92. The second-order valence-electron chi connectivity index (χ2n) is 6.04. The summed E-state index contributed by atoms with van der Waals surface area (Å²) in [6, 6.07) is 15.2. The van der Waals surface area contributed by atoms with Gasteiger partial charge in [0.15, 0.2) is 0 Å². The van der Waals surface area contributed by atoms with Crippen molar-refractivity contribution >= 4 is 5.91 Å². The second kappa shape index (κ2) is 5.53. The Morgan fingerprint density at radius 1 is 1.12 bits per heavy atom. The molecule has 5 heteroatoms. The number of carbonyl (C=O) groups excluding carboxylic acids is 1. The van der Waals surface area contributed by atoms with Crippen molar-refractivity contribution in [2.45, 2.75) is 20.0 Å². The predicted octanol–water partition coefficient (Wildman–Crippen LogP) is 3.04. The average Bonchev–Trinajstić information content (AvgIpc) is 3.13. The fraction of sp³-hybridized carbons (Fsp3) is 0.158. The largest absolute Gasteiger partial charge is 0.507 e. The number of nitrogens with zero attached hydrogens (tertiary/aromatic N) is 3. The first-order valence-electron chi connectivity index (χ1n) is 7.83. The van der Waals surface area contributed by atoms with Crippen molar-refractivity contribution in [2.75, 3.05) is 0 Å². The van der Waals surface area contributed by atoms with Gasteiger partial charge in [-0.3, -0.25) is 4.79 Å². The quantitative estimate of drug-likeness (QED) is 0.807. The van der Waals surface area contributed by atoms with Gasteiger partial charge in [0, 0.05) is 19.3 Å². The van der Waals surface area contributed by atoms with E-state index in [0.717, 1.165) is 22.5 Å². The van der Waals surface area contributed by atoms with E-state index >= 15 is 0 Å². The van der Waals surface area contributed by atoms with Gasteiger partial charge in [0.2, 0.25) is 0 Å². The maximum Gasteiger partial charge on any atom is 0.258 e. The Hall–Kier alpha value is -3.08. The zero-order chi connectivity index (χ0) is 16.7. The zero-order valence-corrected chi connectivity index (χ0v) is 13.3. The summed E-state index contributed by atoms with van der Waals surface area (Å²) in [5, 5.41) is 14.3. The molecule has 1 N–H and O–H groups in total. The number of benzene rings is 2. The topological polar surface area (TPSA) is 58.4 Å². The normalized spacial score (nSPS) is 13.4. The first-order valence-corrected chi connectivity index (χ1v) is 7.83. The molecule has 0 unspecified atom stereocenters. The molecule has 0 fully saturated rings. The monoisotopic (exact) mass is 319 g/mol. The van der Waals surface area contributed by atoms with Crippen LogP contribution in [-0.2, 0) is 13.1 Å². The molecule has 3 aromatic rings. The van der Waals surface area contributed by atoms with E-state index in [2.05, 4.69) is 5.10 Å². The van der Waals surface area contributed by atoms with Crippen LogP contribution in [0.3, 0.4) is 0 Å². The SMILES string of the molecule is Cc1ccn(-c2ccc(CN3Cc4cccc(O)c4C3=O)cc2)n1. The summed E-state index contributed by atoms with van der Waals surface area (Å²) >= 11 is 0. The van der Waals surface area contributed by atoms with Gasteiger partial charge in [-0.2, -0.15) is 5.10 Å². The molecule has 1 aliphatic heterocycles. The van der Waals surface area contributed by atoms with Crippen LogP contribution in [0.25, 0.3) is 5.69 Å². The summed E-state index contributed by atoms with van der Waals surface area (Å²) in [5.41, 5.74) is 4.31. The molecule has 2 aromatic carbocycles. The maximum absolute atomic E-state index is 12.5. The lowest BCUT2D eigenvalue weighted by atomic mass is 10.1. The third kappa shape index (κ3) is 2.44. The Kier molecular flexibility index (Phi) is 3.34. The molecule has 0 saturated carbocycles. The summed E-state index contributed by atoms with van der Waals surface area (Å²) in [6.45, 7) is 3.00. The van der Waals surface area contributed by atoms with Gasteiger partial charge >= 0.3 is 0 Å². The minimum Gasteiger partial charge on any atom is -0.507 e. The van der Waals surface area contributed by atoms with Crippen LogP contribution >= 0.6 is 0 Å². The molecule has 2 heterocycles. The molecular formula is C19H17N3O2. The van der Waals surface area contributed by atoms with Crippen molar-refractivity contribution in [3.05, 3.63) is 77.1 Å². The van der Waals surface area contributed by atoms with Gasteiger partial charge in [-0.25, -0.2) is 4.68 Å². The van der Waals surface area contributed by atoms with Crippen LogP contribution in [0, 0.1) is 6.92 Å². The molecule has 5 nitrogen and oxygen atoms in total. The number of aryl methyl sites for hydroxylation is 1. The predicted molar refractivity (Wildman–Crippen MR) is 90.0 cm³/mol. The van der Waals surface area contributed by atoms with E-state index in [1.54, 1.807) is 17.0 Å². The standard InChI is InChI=1S/C19H17N3O2/c1-13-9-10-22(20-13)16-7-5-14(6-8-16)11-21-12-15-3-2-4-17(23)18(15)19(21)24/h2-10,23H,11-12H2,1H3. The van der Waals surface area contributed by atoms with Gasteiger partial charge < -0.3 is 10.0 Å². The molecule has 24 heavy (non-hydrogen) atoms. The van der Waals surface area contributed by atoms with Gasteiger partial charge in [-0.15, -0.1) is 0 Å². The number of aromatic nitrogens is 2. The second-order valence-corrected chi connectivity index (χ2v) is 6.04. The molecule has 1 aliphatic rings. The fourth-order valence-electron chi connectivity index (χ4n) is 3.06. The van der Waals surface area contributed by atoms with Gasteiger partial charge in [-0.05, 0) is 42.3 Å². The number of amides is 1. The average molecular weight is 319 g/mol. The molecule has 120 valence electrons. The zero-order valence-electron chi connectivity index (χ0n) is 13.3. The van der Waals surface area contributed by atoms with Crippen molar-refractivity contribution in [3.8, 4) is 11.4 Å². The lowest BCUT2D eigenvalue weighted by Crippen LogP contribution is -2.23. The molecule has 1 amide bonds. The van der Waals surface area contributed by atoms with Crippen LogP contribution in [0.2, 0.25) is 0 Å². The molecule has 0 aliphatic carbocycles. The Morgan fingerprint density at radius 2 is 1.92 bits per heavy atom. The first kappa shape index (κ1) is 14.5. The summed E-state index contributed by atoms with van der Waals surface area (Å²) in [4.78, 5) is 14.2. The summed E-state index contributed by atoms with van der Waals surface area (Å²) in [7, 11) is 0. The van der Waals surface area contributed by atoms with Crippen LogP contribution < -0.4 is 0 Å². The molecule has 0 spiro atoms. The number of hydrogen-bond donors (Lipinski definition) is 1. The molecule has 0 bridgehead atoms. The fourth-order valence-corrected chi connectivity index (χ4v) is 3.06. The highest BCUT2D eigenvalue weighted by atomic mass is 16.3. The number of carbonyl (C=O) groups is 1. The number of aromatic hydroxyl groups is 1. The van der Waals surface area contributed by atoms with Gasteiger partial charge in [0.25, 0.3) is 5.91 Å². The molecule has 0 radical (unpaired) electrons. The lowest BCUT2D eigenvalue weighted by molar-refractivity contribution is 0.0764. The van der Waals surface area contributed by atoms with Crippen molar-refractivity contribution < 1.29 is 9.90 Å². The number of hydrogen-bond acceptors (Lipinski definition) is 3. The molecular weight excluding hydrogens is 302 g/mol. The van der Waals surface area contributed by atoms with E-state index in [1.807, 2.05) is 54.2 Å². The highest BCUT2D eigenvalue weighted by molar-refractivity contribution is 6.00. The summed E-state index contributed by atoms with van der Waals surface area (Å²) < 4.78 is 1.83. The van der Waals surface area contributed by atoms with E-state index in [9.17, 15) is 9.90 Å². The smallest absolute Gasteiger partial charge is 0.258 e. The lowest BCUT2D eigenvalue weighted by Gasteiger charge is -2.16. The summed E-state index contributed by atoms with van der Waals surface area (Å²) in [5.74, 6) is -0.0562. The number of phenolic OH excluding ortho intramolecular Hbond substituents is 1. The van der Waals surface area contributed by atoms with Crippen LogP contribution in [0.5, 0.6) is 5.75 Å². The van der Waals surface area contributed by atoms with Crippen molar-refractivity contribution in [1.82, 2.24) is 14.7 Å². The first-order chi connectivity index (χ1) is 11.6. The van der Waals surface area contributed by atoms with Gasteiger partial charge in [0.05, 0.1) is 16.9 Å². The third-order valence-electron chi connectivity index (χ3n) is 4.29. The minimum atomic E-state index is -0.116. The maximum atomic E-state index is 12.5. The van der Waals surface area contributed by atoms with E-state index in [-0.39, 0.29) is 11.7 Å². The Morgan fingerprint density at radius 3 is 2.58 bits per heavy atom. The van der Waals surface area contributed by atoms with E-state index < -0.39 is 0 Å². The molecule has 1 aromatic heterocycles. The minimum absolute atomic E-state index is 0.0596. The third-order valence-corrected chi connectivity index (χ3v) is 4.29. The van der Waals surface area contributed by atoms with E-state index in [0.29, 0.717) is 18.7 Å². The Balaban J connectivity index is 1.53. The van der Waals surface area contributed by atoms with Crippen molar-refractivity contribution in [1.29, 1.82) is 0 Å². The Bertz CT molecular complexity index is 913. The van der Waals surface area contributed by atoms with E-state index in [1.165, 1.54) is 0 Å². The molecule has 0 saturated heterocycles. The highest BCUT2D eigenvalue weighted by Crippen LogP contribution is 2.30. The number of rotatable bonds is 3. The van der Waals surface area contributed by atoms with Crippen LogP contribution in [0.4, 0.5) is 0 Å².